The zero-order chi connectivity index (χ0) is 14.5. The highest BCUT2D eigenvalue weighted by atomic mass is 16.5. The lowest BCUT2D eigenvalue weighted by molar-refractivity contribution is -0.156. The second kappa shape index (κ2) is 6.22. The Morgan fingerprint density at radius 1 is 1.26 bits per heavy atom. The molecular formula is C14H19NO4. The normalized spacial score (nSPS) is 11.1. The third kappa shape index (κ3) is 4.99. The fourth-order valence-electron chi connectivity index (χ4n) is 1.33. The summed E-state index contributed by atoms with van der Waals surface area (Å²) in [6, 6.07) is 7.25. The van der Waals surface area contributed by atoms with Crippen LogP contribution in [0.3, 0.4) is 0 Å². The number of hydrogen-bond acceptors (Lipinski definition) is 4. The summed E-state index contributed by atoms with van der Waals surface area (Å²) in [5.41, 5.74) is 6.17. The molecule has 104 valence electrons. The molecule has 3 N–H and O–H groups in total. The number of carboxylic acids is 1. The van der Waals surface area contributed by atoms with Crippen LogP contribution in [0.2, 0.25) is 0 Å². The summed E-state index contributed by atoms with van der Waals surface area (Å²) in [5, 5.41) is 8.88. The number of nitrogen functional groups attached to an aromatic ring is 1. The van der Waals surface area contributed by atoms with Gasteiger partial charge < -0.3 is 15.6 Å². The number of hydrogen-bond donors (Lipinski definition) is 2. The SMILES string of the molecule is CC(C)(COC(=O)CCc1ccc(N)cc1)C(=O)O. The van der Waals surface area contributed by atoms with E-state index in [0.717, 1.165) is 5.56 Å². The summed E-state index contributed by atoms with van der Waals surface area (Å²) in [5.74, 6) is -1.38. The average molecular weight is 265 g/mol. The number of carboxylic acid groups (broad SMARTS) is 1. The first-order chi connectivity index (χ1) is 8.81. The van der Waals surface area contributed by atoms with Crippen molar-refractivity contribution in [3.63, 3.8) is 0 Å². The molecule has 0 saturated heterocycles. The number of carbonyl (C=O) groups excluding carboxylic acids is 1. The highest BCUT2D eigenvalue weighted by Gasteiger charge is 2.28. The molecule has 0 atom stereocenters. The van der Waals surface area contributed by atoms with Gasteiger partial charge in [-0.1, -0.05) is 12.1 Å². The van der Waals surface area contributed by atoms with Crippen molar-refractivity contribution >= 4 is 17.6 Å². The summed E-state index contributed by atoms with van der Waals surface area (Å²) < 4.78 is 4.97. The molecule has 0 fully saturated rings. The predicted molar refractivity (Wildman–Crippen MR) is 71.6 cm³/mol. The van der Waals surface area contributed by atoms with E-state index in [-0.39, 0.29) is 13.0 Å². The minimum absolute atomic E-state index is 0.122. The predicted octanol–water partition coefficient (Wildman–Crippen LogP) is 1.86. The fourth-order valence-corrected chi connectivity index (χ4v) is 1.33. The van der Waals surface area contributed by atoms with Gasteiger partial charge in [-0.15, -0.1) is 0 Å². The second-order valence-corrected chi connectivity index (χ2v) is 5.09. The zero-order valence-electron chi connectivity index (χ0n) is 11.2. The van der Waals surface area contributed by atoms with Gasteiger partial charge in [0.05, 0.1) is 5.41 Å². The van der Waals surface area contributed by atoms with E-state index in [1.54, 1.807) is 12.1 Å². The lowest BCUT2D eigenvalue weighted by atomic mass is 9.95. The van der Waals surface area contributed by atoms with E-state index in [9.17, 15) is 9.59 Å². The smallest absolute Gasteiger partial charge is 0.312 e. The molecule has 1 rings (SSSR count). The highest BCUT2D eigenvalue weighted by molar-refractivity contribution is 5.75. The minimum atomic E-state index is -1.06. The Morgan fingerprint density at radius 3 is 2.37 bits per heavy atom. The minimum Gasteiger partial charge on any atom is -0.481 e. The van der Waals surface area contributed by atoms with Gasteiger partial charge in [-0.2, -0.15) is 0 Å². The van der Waals surface area contributed by atoms with Crippen molar-refractivity contribution in [3.05, 3.63) is 29.8 Å². The monoisotopic (exact) mass is 265 g/mol. The summed E-state index contributed by atoms with van der Waals surface area (Å²) in [4.78, 5) is 22.4. The molecule has 1 aromatic rings. The molecule has 0 spiro atoms. The van der Waals surface area contributed by atoms with Gasteiger partial charge in [0.2, 0.25) is 0 Å². The molecule has 1 aromatic carbocycles. The van der Waals surface area contributed by atoms with Crippen LogP contribution in [0, 0.1) is 5.41 Å². The van der Waals surface area contributed by atoms with E-state index >= 15 is 0 Å². The van der Waals surface area contributed by atoms with E-state index in [0.29, 0.717) is 12.1 Å². The van der Waals surface area contributed by atoms with Gasteiger partial charge >= 0.3 is 11.9 Å². The molecule has 0 bridgehead atoms. The maximum atomic E-state index is 11.5. The summed E-state index contributed by atoms with van der Waals surface area (Å²) in [6.07, 6.45) is 0.770. The average Bonchev–Trinajstić information content (AvgIpc) is 2.35. The van der Waals surface area contributed by atoms with Crippen LogP contribution in [0.5, 0.6) is 0 Å². The van der Waals surface area contributed by atoms with Crippen molar-refractivity contribution in [2.45, 2.75) is 26.7 Å². The third-order valence-electron chi connectivity index (χ3n) is 2.77. The van der Waals surface area contributed by atoms with Gasteiger partial charge in [0.25, 0.3) is 0 Å². The van der Waals surface area contributed by atoms with E-state index in [2.05, 4.69) is 0 Å². The van der Waals surface area contributed by atoms with Crippen LogP contribution in [-0.2, 0) is 20.7 Å². The van der Waals surface area contributed by atoms with Crippen LogP contribution in [-0.4, -0.2) is 23.7 Å². The van der Waals surface area contributed by atoms with Crippen LogP contribution < -0.4 is 5.73 Å². The van der Waals surface area contributed by atoms with Gasteiger partial charge in [-0.05, 0) is 38.0 Å². The molecule has 0 aliphatic rings. The van der Waals surface area contributed by atoms with Crippen LogP contribution in [0.1, 0.15) is 25.8 Å². The molecular weight excluding hydrogens is 246 g/mol. The first-order valence-electron chi connectivity index (χ1n) is 6.05. The number of ether oxygens (including phenoxy) is 1. The molecule has 0 aromatic heterocycles. The Balaban J connectivity index is 2.36. The molecule has 0 radical (unpaired) electrons. The van der Waals surface area contributed by atoms with E-state index < -0.39 is 17.4 Å². The topological polar surface area (TPSA) is 89.6 Å². The van der Waals surface area contributed by atoms with Crippen molar-refractivity contribution in [1.29, 1.82) is 0 Å². The number of aryl methyl sites for hydroxylation is 1. The standard InChI is InChI=1S/C14H19NO4/c1-14(2,13(17)18)9-19-12(16)8-5-10-3-6-11(15)7-4-10/h3-4,6-7H,5,8-9,15H2,1-2H3,(H,17,18). The van der Waals surface area contributed by atoms with Crippen LogP contribution in [0.15, 0.2) is 24.3 Å². The van der Waals surface area contributed by atoms with Gasteiger partial charge in [-0.3, -0.25) is 9.59 Å². The van der Waals surface area contributed by atoms with Crippen LogP contribution >= 0.6 is 0 Å². The number of esters is 1. The van der Waals surface area contributed by atoms with Crippen molar-refractivity contribution in [2.75, 3.05) is 12.3 Å². The molecule has 0 aliphatic carbocycles. The number of rotatable bonds is 6. The van der Waals surface area contributed by atoms with Crippen LogP contribution in [0.4, 0.5) is 5.69 Å². The summed E-state index contributed by atoms with van der Waals surface area (Å²) in [6.45, 7) is 2.91. The van der Waals surface area contributed by atoms with Crippen molar-refractivity contribution < 1.29 is 19.4 Å². The number of nitrogens with two attached hydrogens (primary N) is 1. The maximum absolute atomic E-state index is 11.5. The molecule has 19 heavy (non-hydrogen) atoms. The maximum Gasteiger partial charge on any atom is 0.312 e. The summed E-state index contributed by atoms with van der Waals surface area (Å²) >= 11 is 0. The quantitative estimate of drug-likeness (QED) is 0.605. The number of carbonyl (C=O) groups is 2. The Morgan fingerprint density at radius 2 is 1.84 bits per heavy atom. The lowest BCUT2D eigenvalue weighted by Gasteiger charge is -2.18. The Labute approximate surface area is 112 Å². The largest absolute Gasteiger partial charge is 0.481 e. The Kier molecular flexibility index (Phi) is 4.92. The van der Waals surface area contributed by atoms with Gasteiger partial charge in [-0.25, -0.2) is 0 Å². The number of anilines is 1. The second-order valence-electron chi connectivity index (χ2n) is 5.09. The first kappa shape index (κ1) is 15.0. The van der Waals surface area contributed by atoms with E-state index in [1.807, 2.05) is 12.1 Å². The van der Waals surface area contributed by atoms with Crippen LogP contribution in [0.25, 0.3) is 0 Å². The lowest BCUT2D eigenvalue weighted by Crippen LogP contribution is -2.30. The number of aliphatic carboxylic acids is 1. The van der Waals surface area contributed by atoms with E-state index in [1.165, 1.54) is 13.8 Å². The molecule has 0 amide bonds. The molecule has 0 saturated carbocycles. The molecule has 5 heteroatoms. The highest BCUT2D eigenvalue weighted by Crippen LogP contribution is 2.16. The van der Waals surface area contributed by atoms with Gasteiger partial charge in [0.1, 0.15) is 6.61 Å². The molecule has 0 heterocycles. The Hall–Kier alpha value is -2.04. The third-order valence-corrected chi connectivity index (χ3v) is 2.77. The van der Waals surface area contributed by atoms with Crippen molar-refractivity contribution in [3.8, 4) is 0 Å². The number of benzene rings is 1. The fraction of sp³-hybridized carbons (Fsp3) is 0.429. The van der Waals surface area contributed by atoms with Crippen molar-refractivity contribution in [1.82, 2.24) is 0 Å². The zero-order valence-corrected chi connectivity index (χ0v) is 11.2. The van der Waals surface area contributed by atoms with E-state index in [4.69, 9.17) is 15.6 Å². The first-order valence-corrected chi connectivity index (χ1v) is 6.05. The molecule has 0 aliphatic heterocycles. The Bertz CT molecular complexity index is 451. The molecule has 5 nitrogen and oxygen atoms in total. The van der Waals surface area contributed by atoms with Gasteiger partial charge in [0.15, 0.2) is 0 Å². The molecule has 0 unspecified atom stereocenters. The summed E-state index contributed by atoms with van der Waals surface area (Å²) in [7, 11) is 0. The van der Waals surface area contributed by atoms with Crippen molar-refractivity contribution in [2.24, 2.45) is 5.41 Å². The van der Waals surface area contributed by atoms with Gasteiger partial charge in [0, 0.05) is 12.1 Å².